The molecule has 4 nitrogen and oxygen atoms in total. The lowest BCUT2D eigenvalue weighted by molar-refractivity contribution is -0.120. The Hall–Kier alpha value is -2.01. The smallest absolute Gasteiger partial charge is 0.224 e. The van der Waals surface area contributed by atoms with Crippen molar-refractivity contribution in [1.29, 1.82) is 0 Å². The number of hydrogen-bond acceptors (Lipinski definition) is 2. The fourth-order valence-electron chi connectivity index (χ4n) is 2.85. The maximum atomic E-state index is 12.5. The molecule has 0 aliphatic rings. The van der Waals surface area contributed by atoms with Gasteiger partial charge in [0.05, 0.1) is 40.1 Å². The molecule has 3 rings (SSSR count). The third kappa shape index (κ3) is 5.33. The highest BCUT2D eigenvalue weighted by Gasteiger charge is 2.21. The molecule has 2 aromatic carbocycles. The van der Waals surface area contributed by atoms with Crippen LogP contribution in [0, 0.1) is 0 Å². The standard InChI is InChI=1S/C22H22Cl3N3O/c1-22(2,3)19-12-17(28(27-19)16-8-5-7-15(23)11-16)13-26-20(29)10-14-6-4-9-18(24)21(14)25/h4-9,11-12H,10,13H2,1-3H3,(H,26,29). The van der Waals surface area contributed by atoms with Crippen molar-refractivity contribution >= 4 is 40.7 Å². The second-order valence-corrected chi connectivity index (χ2v) is 9.05. The van der Waals surface area contributed by atoms with Crippen molar-refractivity contribution in [1.82, 2.24) is 15.1 Å². The molecule has 3 aromatic rings. The largest absolute Gasteiger partial charge is 0.350 e. The molecule has 0 radical (unpaired) electrons. The molecule has 1 amide bonds. The lowest BCUT2D eigenvalue weighted by Gasteiger charge is -2.14. The Morgan fingerprint density at radius 3 is 2.48 bits per heavy atom. The molecule has 0 atom stereocenters. The topological polar surface area (TPSA) is 46.9 Å². The molecule has 7 heteroatoms. The molecule has 0 fully saturated rings. The minimum absolute atomic E-state index is 0.128. The molecule has 152 valence electrons. The Balaban J connectivity index is 1.81. The van der Waals surface area contributed by atoms with Crippen molar-refractivity contribution in [2.75, 3.05) is 0 Å². The van der Waals surface area contributed by atoms with Gasteiger partial charge < -0.3 is 5.32 Å². The average Bonchev–Trinajstić information content (AvgIpc) is 3.09. The fourth-order valence-corrected chi connectivity index (χ4v) is 3.42. The van der Waals surface area contributed by atoms with Crippen LogP contribution in [0.25, 0.3) is 5.69 Å². The van der Waals surface area contributed by atoms with Crippen molar-refractivity contribution in [3.63, 3.8) is 0 Å². The molecular weight excluding hydrogens is 429 g/mol. The number of aromatic nitrogens is 2. The third-order valence-electron chi connectivity index (χ3n) is 4.45. The first-order chi connectivity index (χ1) is 13.6. The zero-order valence-electron chi connectivity index (χ0n) is 16.5. The predicted octanol–water partition coefficient (Wildman–Crippen LogP) is 5.99. The Morgan fingerprint density at radius 2 is 1.79 bits per heavy atom. The van der Waals surface area contributed by atoms with Crippen molar-refractivity contribution in [3.8, 4) is 5.69 Å². The molecule has 0 saturated carbocycles. The van der Waals surface area contributed by atoms with Gasteiger partial charge in [0.1, 0.15) is 0 Å². The highest BCUT2D eigenvalue weighted by molar-refractivity contribution is 6.42. The zero-order valence-corrected chi connectivity index (χ0v) is 18.7. The second kappa shape index (κ2) is 8.78. The number of nitrogens with one attached hydrogen (secondary N) is 1. The van der Waals surface area contributed by atoms with Crippen LogP contribution < -0.4 is 5.32 Å². The third-order valence-corrected chi connectivity index (χ3v) is 5.55. The Kier molecular flexibility index (Phi) is 6.57. The van der Waals surface area contributed by atoms with E-state index in [0.717, 1.165) is 17.1 Å². The summed E-state index contributed by atoms with van der Waals surface area (Å²) in [4.78, 5) is 12.5. The van der Waals surface area contributed by atoms with Gasteiger partial charge in [-0.05, 0) is 35.9 Å². The van der Waals surface area contributed by atoms with Crippen molar-refractivity contribution in [2.45, 2.75) is 39.2 Å². The van der Waals surface area contributed by atoms with Crippen LogP contribution in [0.4, 0.5) is 0 Å². The van der Waals surface area contributed by atoms with Gasteiger partial charge in [0.2, 0.25) is 5.91 Å². The number of amides is 1. The van der Waals surface area contributed by atoms with Gasteiger partial charge in [-0.15, -0.1) is 0 Å². The number of carbonyl (C=O) groups is 1. The maximum absolute atomic E-state index is 12.5. The van der Waals surface area contributed by atoms with Crippen LogP contribution in [0.2, 0.25) is 15.1 Å². The van der Waals surface area contributed by atoms with E-state index in [4.69, 9.17) is 39.9 Å². The minimum atomic E-state index is -0.148. The van der Waals surface area contributed by atoms with Crippen molar-refractivity contribution in [2.24, 2.45) is 0 Å². The number of nitrogens with zero attached hydrogens (tertiary/aromatic N) is 2. The normalized spacial score (nSPS) is 11.5. The lowest BCUT2D eigenvalue weighted by Crippen LogP contribution is -2.26. The summed E-state index contributed by atoms with van der Waals surface area (Å²) < 4.78 is 1.82. The summed E-state index contributed by atoms with van der Waals surface area (Å²) in [5, 5.41) is 9.17. The summed E-state index contributed by atoms with van der Waals surface area (Å²) in [5.41, 5.74) is 3.20. The molecule has 0 bridgehead atoms. The molecule has 0 aliphatic carbocycles. The lowest BCUT2D eigenvalue weighted by atomic mass is 9.92. The van der Waals surface area contributed by atoms with Crippen LogP contribution >= 0.6 is 34.8 Å². The average molecular weight is 451 g/mol. The van der Waals surface area contributed by atoms with E-state index in [1.54, 1.807) is 18.2 Å². The first-order valence-electron chi connectivity index (χ1n) is 9.20. The molecule has 1 heterocycles. The van der Waals surface area contributed by atoms with Crippen LogP contribution in [0.3, 0.4) is 0 Å². The summed E-state index contributed by atoms with van der Waals surface area (Å²) in [6.07, 6.45) is 0.150. The Labute approximate surface area is 185 Å². The summed E-state index contributed by atoms with van der Waals surface area (Å²) in [5.74, 6) is -0.148. The quantitative estimate of drug-likeness (QED) is 0.519. The number of hydrogen-bond donors (Lipinski definition) is 1. The van der Waals surface area contributed by atoms with E-state index in [1.165, 1.54) is 0 Å². The summed E-state index contributed by atoms with van der Waals surface area (Å²) in [6.45, 7) is 6.62. The van der Waals surface area contributed by atoms with E-state index in [-0.39, 0.29) is 17.7 Å². The first kappa shape index (κ1) is 21.7. The molecule has 0 saturated heterocycles. The molecular formula is C22H22Cl3N3O. The van der Waals surface area contributed by atoms with Crippen LogP contribution in [-0.4, -0.2) is 15.7 Å². The molecule has 1 aromatic heterocycles. The summed E-state index contributed by atoms with van der Waals surface area (Å²) in [7, 11) is 0. The van der Waals surface area contributed by atoms with Gasteiger partial charge in [0.15, 0.2) is 0 Å². The molecule has 0 spiro atoms. The van der Waals surface area contributed by atoms with Gasteiger partial charge in [-0.25, -0.2) is 4.68 Å². The molecule has 1 N–H and O–H groups in total. The number of carbonyl (C=O) groups excluding carboxylic acids is 1. The van der Waals surface area contributed by atoms with Gasteiger partial charge >= 0.3 is 0 Å². The second-order valence-electron chi connectivity index (χ2n) is 7.83. The van der Waals surface area contributed by atoms with Gasteiger partial charge in [-0.1, -0.05) is 73.8 Å². The van der Waals surface area contributed by atoms with E-state index < -0.39 is 0 Å². The fraction of sp³-hybridized carbons (Fsp3) is 0.273. The van der Waals surface area contributed by atoms with Crippen LogP contribution in [0.5, 0.6) is 0 Å². The van der Waals surface area contributed by atoms with Crippen LogP contribution in [0.1, 0.15) is 37.7 Å². The molecule has 29 heavy (non-hydrogen) atoms. The van der Waals surface area contributed by atoms with E-state index in [2.05, 4.69) is 26.1 Å². The van der Waals surface area contributed by atoms with Gasteiger partial charge in [0.25, 0.3) is 0 Å². The predicted molar refractivity (Wildman–Crippen MR) is 119 cm³/mol. The number of rotatable bonds is 5. The van der Waals surface area contributed by atoms with Crippen molar-refractivity contribution in [3.05, 3.63) is 80.6 Å². The Bertz CT molecular complexity index is 1040. The highest BCUT2D eigenvalue weighted by Crippen LogP contribution is 2.26. The summed E-state index contributed by atoms with van der Waals surface area (Å²) in [6, 6.07) is 14.7. The van der Waals surface area contributed by atoms with E-state index in [9.17, 15) is 4.79 Å². The van der Waals surface area contributed by atoms with Gasteiger partial charge in [-0.3, -0.25) is 4.79 Å². The SMILES string of the molecule is CC(C)(C)c1cc(CNC(=O)Cc2cccc(Cl)c2Cl)n(-c2cccc(Cl)c2)n1. The monoisotopic (exact) mass is 449 g/mol. The maximum Gasteiger partial charge on any atom is 0.224 e. The zero-order chi connectivity index (χ0) is 21.2. The first-order valence-corrected chi connectivity index (χ1v) is 10.3. The highest BCUT2D eigenvalue weighted by atomic mass is 35.5. The minimum Gasteiger partial charge on any atom is -0.350 e. The van der Waals surface area contributed by atoms with Crippen molar-refractivity contribution < 1.29 is 4.79 Å². The van der Waals surface area contributed by atoms with E-state index in [1.807, 2.05) is 35.0 Å². The Morgan fingerprint density at radius 1 is 1.07 bits per heavy atom. The van der Waals surface area contributed by atoms with E-state index >= 15 is 0 Å². The number of benzene rings is 2. The van der Waals surface area contributed by atoms with Crippen LogP contribution in [-0.2, 0) is 23.2 Å². The summed E-state index contributed by atoms with van der Waals surface area (Å²) >= 11 is 18.4. The number of halogens is 3. The van der Waals surface area contributed by atoms with Crippen LogP contribution in [0.15, 0.2) is 48.5 Å². The van der Waals surface area contributed by atoms with Gasteiger partial charge in [0, 0.05) is 10.4 Å². The van der Waals surface area contributed by atoms with E-state index in [0.29, 0.717) is 27.2 Å². The molecule has 0 unspecified atom stereocenters. The molecule has 0 aliphatic heterocycles. The van der Waals surface area contributed by atoms with Gasteiger partial charge in [-0.2, -0.15) is 5.10 Å².